The van der Waals surface area contributed by atoms with E-state index in [2.05, 4.69) is 26.6 Å². The highest BCUT2D eigenvalue weighted by atomic mass is 79.9. The van der Waals surface area contributed by atoms with Gasteiger partial charge in [0.25, 0.3) is 5.91 Å². The lowest BCUT2D eigenvalue weighted by Gasteiger charge is -2.33. The lowest BCUT2D eigenvalue weighted by molar-refractivity contribution is -0.150. The number of carbonyl (C=O) groups is 5. The van der Waals surface area contributed by atoms with E-state index in [4.69, 9.17) is 5.73 Å². The van der Waals surface area contributed by atoms with Gasteiger partial charge in [-0.1, -0.05) is 28.8 Å². The first kappa shape index (κ1) is 31.3. The molecule has 1 aromatic rings. The lowest BCUT2D eigenvalue weighted by Crippen LogP contribution is -2.52. The van der Waals surface area contributed by atoms with Gasteiger partial charge in [-0.25, -0.2) is 9.59 Å². The number of carboxylic acids is 2. The van der Waals surface area contributed by atoms with Gasteiger partial charge < -0.3 is 36.6 Å². The van der Waals surface area contributed by atoms with Crippen LogP contribution in [0.15, 0.2) is 22.7 Å². The first-order valence-electron chi connectivity index (χ1n) is 13.6. The van der Waals surface area contributed by atoms with Crippen LogP contribution in [-0.4, -0.2) is 80.6 Å². The fraction of sp³-hybridized carbons (Fsp3) is 0.593. The molecular formula is C27H37BrN4O8. The van der Waals surface area contributed by atoms with Crippen molar-refractivity contribution in [2.75, 3.05) is 6.54 Å². The number of aromatic hydroxyl groups is 1. The van der Waals surface area contributed by atoms with Crippen molar-refractivity contribution in [2.45, 2.75) is 88.4 Å². The van der Waals surface area contributed by atoms with Gasteiger partial charge in [0.15, 0.2) is 0 Å². The Bertz CT molecular complexity index is 1120. The average Bonchev–Trinajstić information content (AvgIpc) is 3.31. The van der Waals surface area contributed by atoms with Crippen LogP contribution in [-0.2, 0) is 19.2 Å². The molecule has 0 unspecified atom stereocenters. The van der Waals surface area contributed by atoms with E-state index in [1.807, 2.05) is 0 Å². The average molecular weight is 626 g/mol. The number of unbranched alkanes of at least 4 members (excludes halogenated alkanes) is 1. The molecule has 1 saturated heterocycles. The van der Waals surface area contributed by atoms with Gasteiger partial charge in [0.05, 0.1) is 5.56 Å². The molecule has 0 spiro atoms. The van der Waals surface area contributed by atoms with Crippen molar-refractivity contribution in [1.29, 1.82) is 0 Å². The molecule has 0 bridgehead atoms. The fourth-order valence-electron chi connectivity index (χ4n) is 5.65. The number of carbonyl (C=O) groups excluding carboxylic acids is 3. The number of nitrogens with zero attached hydrogens (tertiary/aromatic N) is 1. The van der Waals surface area contributed by atoms with Gasteiger partial charge in [-0.15, -0.1) is 0 Å². The van der Waals surface area contributed by atoms with E-state index in [1.54, 1.807) is 6.07 Å². The van der Waals surface area contributed by atoms with E-state index in [0.717, 1.165) is 25.7 Å². The molecule has 1 aliphatic carbocycles. The highest BCUT2D eigenvalue weighted by Gasteiger charge is 2.47. The Morgan fingerprint density at radius 2 is 1.75 bits per heavy atom. The standard InChI is InChI=1S/C27H37BrN4O8/c28-16-8-10-22(33)17(14-16)24(35)30-18(6-3-4-12-29)25(36)31-19(26(37)38)9-11-23(34)32-20-7-2-1-5-15(20)13-21(32)27(39)40/h8,10,14-15,18-21,33H,1-7,9,11-13,29H2,(H,30,35)(H,31,36)(H,37,38)(H,39,40)/t15-,18-,19+,20-,21-/m0/s1. The molecule has 7 N–H and O–H groups in total. The van der Waals surface area contributed by atoms with Crippen LogP contribution in [0.2, 0.25) is 0 Å². The van der Waals surface area contributed by atoms with Crippen LogP contribution in [0.25, 0.3) is 0 Å². The summed E-state index contributed by atoms with van der Waals surface area (Å²) in [5.41, 5.74) is 5.49. The number of rotatable bonds is 13. The summed E-state index contributed by atoms with van der Waals surface area (Å²) in [6.45, 7) is 0.365. The molecule has 0 radical (unpaired) electrons. The molecule has 2 fully saturated rings. The Kier molecular flexibility index (Phi) is 11.3. The molecule has 1 saturated carbocycles. The quantitative estimate of drug-likeness (QED) is 0.177. The fourth-order valence-corrected chi connectivity index (χ4v) is 6.01. The van der Waals surface area contributed by atoms with Crippen molar-refractivity contribution >= 4 is 45.6 Å². The lowest BCUT2D eigenvalue weighted by atomic mass is 9.84. The topological polar surface area (TPSA) is 199 Å². The number of hydrogen-bond donors (Lipinski definition) is 6. The molecule has 220 valence electrons. The number of amides is 3. The molecule has 40 heavy (non-hydrogen) atoms. The van der Waals surface area contributed by atoms with Gasteiger partial charge in [0.2, 0.25) is 11.8 Å². The smallest absolute Gasteiger partial charge is 0.326 e. The third-order valence-electron chi connectivity index (χ3n) is 7.69. The number of carboxylic acid groups (broad SMARTS) is 2. The van der Waals surface area contributed by atoms with Crippen LogP contribution >= 0.6 is 15.9 Å². The first-order valence-corrected chi connectivity index (χ1v) is 14.4. The van der Waals surface area contributed by atoms with Crippen molar-refractivity contribution < 1.29 is 39.3 Å². The predicted octanol–water partition coefficient (Wildman–Crippen LogP) is 1.98. The summed E-state index contributed by atoms with van der Waals surface area (Å²) in [6, 6.07) is 0.610. The van der Waals surface area contributed by atoms with Crippen molar-refractivity contribution in [3.63, 3.8) is 0 Å². The maximum Gasteiger partial charge on any atom is 0.326 e. The van der Waals surface area contributed by atoms with Crippen LogP contribution in [0.3, 0.4) is 0 Å². The molecule has 0 aromatic heterocycles. The summed E-state index contributed by atoms with van der Waals surface area (Å²) < 4.78 is 0.540. The Morgan fingerprint density at radius 1 is 1.02 bits per heavy atom. The second kappa shape index (κ2) is 14.4. The third kappa shape index (κ3) is 7.94. The minimum absolute atomic E-state index is 0.0639. The predicted molar refractivity (Wildman–Crippen MR) is 147 cm³/mol. The maximum atomic E-state index is 13.2. The minimum atomic E-state index is -1.43. The normalized spacial score (nSPS) is 21.6. The molecule has 1 heterocycles. The van der Waals surface area contributed by atoms with Gasteiger partial charge >= 0.3 is 11.9 Å². The molecule has 3 amide bonds. The number of halogens is 1. The highest BCUT2D eigenvalue weighted by molar-refractivity contribution is 9.10. The molecule has 5 atom stereocenters. The van der Waals surface area contributed by atoms with Crippen LogP contribution in [0.1, 0.15) is 74.6 Å². The summed E-state index contributed by atoms with van der Waals surface area (Å²) in [6.07, 6.45) is 4.60. The SMILES string of the molecule is NCCCC[C@H](NC(=O)c1cc(Br)ccc1O)C(=O)N[C@H](CCC(=O)N1[C@H](C(=O)O)C[C@@H]2CCCC[C@@H]21)C(=O)O. The molecule has 1 aliphatic heterocycles. The molecule has 1 aromatic carbocycles. The zero-order valence-electron chi connectivity index (χ0n) is 22.2. The largest absolute Gasteiger partial charge is 0.507 e. The molecule has 2 aliphatic rings. The van der Waals surface area contributed by atoms with Gasteiger partial charge in [-0.2, -0.15) is 0 Å². The minimum Gasteiger partial charge on any atom is -0.507 e. The molecule has 13 heteroatoms. The summed E-state index contributed by atoms with van der Waals surface area (Å²) in [7, 11) is 0. The van der Waals surface area contributed by atoms with Gasteiger partial charge in [0.1, 0.15) is 23.9 Å². The first-order chi connectivity index (χ1) is 19.0. The van der Waals surface area contributed by atoms with Crippen LogP contribution in [0.4, 0.5) is 0 Å². The zero-order valence-corrected chi connectivity index (χ0v) is 23.8. The number of nitrogens with one attached hydrogen (secondary N) is 2. The maximum absolute atomic E-state index is 13.2. The molecule has 3 rings (SSSR count). The van der Waals surface area contributed by atoms with E-state index in [0.29, 0.717) is 30.3 Å². The van der Waals surface area contributed by atoms with Crippen LogP contribution in [0, 0.1) is 5.92 Å². The summed E-state index contributed by atoms with van der Waals surface area (Å²) in [5, 5.41) is 34.5. The van der Waals surface area contributed by atoms with E-state index < -0.39 is 47.8 Å². The Balaban J connectivity index is 1.67. The number of benzene rings is 1. The Labute approximate surface area is 240 Å². The highest BCUT2D eigenvalue weighted by Crippen LogP contribution is 2.40. The van der Waals surface area contributed by atoms with E-state index in [9.17, 15) is 39.3 Å². The number of phenolic OH excluding ortho intramolecular Hbond substituents is 1. The van der Waals surface area contributed by atoms with E-state index in [-0.39, 0.29) is 42.5 Å². The van der Waals surface area contributed by atoms with Crippen LogP contribution in [0.5, 0.6) is 5.75 Å². The Hall–Kier alpha value is -3.19. The number of nitrogens with two attached hydrogens (primary N) is 1. The number of aliphatic carboxylic acids is 2. The molecular weight excluding hydrogens is 588 g/mol. The van der Waals surface area contributed by atoms with Crippen LogP contribution < -0.4 is 16.4 Å². The van der Waals surface area contributed by atoms with Crippen molar-refractivity contribution in [3.05, 3.63) is 28.2 Å². The van der Waals surface area contributed by atoms with E-state index in [1.165, 1.54) is 17.0 Å². The summed E-state index contributed by atoms with van der Waals surface area (Å²) >= 11 is 3.23. The van der Waals surface area contributed by atoms with Gasteiger partial charge in [-0.05, 0) is 75.6 Å². The number of hydrogen-bond acceptors (Lipinski definition) is 7. The zero-order chi connectivity index (χ0) is 29.4. The van der Waals surface area contributed by atoms with Gasteiger partial charge in [-0.3, -0.25) is 14.4 Å². The number of fused-ring (bicyclic) bond motifs is 1. The summed E-state index contributed by atoms with van der Waals surface area (Å²) in [4.78, 5) is 64.4. The van der Waals surface area contributed by atoms with Crippen molar-refractivity contribution in [2.24, 2.45) is 11.7 Å². The monoisotopic (exact) mass is 624 g/mol. The Morgan fingerprint density at radius 3 is 2.42 bits per heavy atom. The van der Waals surface area contributed by atoms with Crippen molar-refractivity contribution in [3.8, 4) is 5.75 Å². The van der Waals surface area contributed by atoms with E-state index >= 15 is 0 Å². The number of phenols is 1. The van der Waals surface area contributed by atoms with Gasteiger partial charge in [0, 0.05) is 16.9 Å². The second-order valence-corrected chi connectivity index (χ2v) is 11.3. The second-order valence-electron chi connectivity index (χ2n) is 10.4. The number of likely N-dealkylation sites (tertiary alicyclic amines) is 1. The van der Waals surface area contributed by atoms with Crippen molar-refractivity contribution in [1.82, 2.24) is 15.5 Å². The summed E-state index contributed by atoms with van der Waals surface area (Å²) in [5.74, 6) is -4.51. The third-order valence-corrected chi connectivity index (χ3v) is 8.19. The molecule has 12 nitrogen and oxygen atoms in total.